The lowest BCUT2D eigenvalue weighted by Crippen LogP contribution is -2.49. The van der Waals surface area contributed by atoms with Gasteiger partial charge < -0.3 is 24.3 Å². The molecule has 3 aliphatic heterocycles. The molecule has 4 heterocycles. The molecule has 9 heteroatoms. The minimum atomic E-state index is 0.0911. The largest absolute Gasteiger partial charge is 0.378 e. The number of carbonyl (C=O) groups excluding carboxylic acids is 1. The van der Waals surface area contributed by atoms with Gasteiger partial charge in [0.25, 0.3) is 5.91 Å². The lowest BCUT2D eigenvalue weighted by atomic mass is 10.1. The number of amides is 1. The second-order valence-electron chi connectivity index (χ2n) is 9.90. The Labute approximate surface area is 208 Å². The fraction of sp³-hybridized carbons (Fsp3) is 0.577. The standard InChI is InChI=1S/C26H37N7O2/c1-29(2)22-6-3-5-21(19-22)26(34)33-16-14-32(15-17-33)25-9-8-24(27-28-25)31-12-10-30(11-13-31)20-23-7-4-18-35-23/h3,5-6,8-9,19,23H,4,7,10-18,20H2,1-2H3. The van der Waals surface area contributed by atoms with E-state index in [-0.39, 0.29) is 5.91 Å². The summed E-state index contributed by atoms with van der Waals surface area (Å²) in [6, 6.07) is 12.0. The number of piperazine rings is 2. The van der Waals surface area contributed by atoms with E-state index in [2.05, 4.69) is 37.0 Å². The molecule has 3 fully saturated rings. The van der Waals surface area contributed by atoms with Gasteiger partial charge in [0.2, 0.25) is 0 Å². The number of hydrogen-bond donors (Lipinski definition) is 0. The van der Waals surface area contributed by atoms with E-state index in [1.165, 1.54) is 12.8 Å². The first-order valence-electron chi connectivity index (χ1n) is 12.8. The topological polar surface area (TPSA) is 68.3 Å². The molecule has 0 bridgehead atoms. The summed E-state index contributed by atoms with van der Waals surface area (Å²) in [6.45, 7) is 8.86. The molecule has 0 saturated carbocycles. The Balaban J connectivity index is 1.11. The first kappa shape index (κ1) is 23.8. The van der Waals surface area contributed by atoms with Crippen LogP contribution >= 0.6 is 0 Å². The summed E-state index contributed by atoms with van der Waals surface area (Å²) in [5, 5.41) is 9.07. The maximum atomic E-state index is 13.0. The van der Waals surface area contributed by atoms with Gasteiger partial charge in [-0.05, 0) is 43.2 Å². The minimum Gasteiger partial charge on any atom is -0.378 e. The van der Waals surface area contributed by atoms with Crippen LogP contribution in [-0.2, 0) is 4.74 Å². The molecule has 0 N–H and O–H groups in total. The molecule has 5 rings (SSSR count). The van der Waals surface area contributed by atoms with Crippen LogP contribution in [0.2, 0.25) is 0 Å². The molecule has 9 nitrogen and oxygen atoms in total. The maximum Gasteiger partial charge on any atom is 0.254 e. The van der Waals surface area contributed by atoms with Crippen molar-refractivity contribution in [1.29, 1.82) is 0 Å². The summed E-state index contributed by atoms with van der Waals surface area (Å²) in [5.41, 5.74) is 1.78. The fourth-order valence-electron chi connectivity index (χ4n) is 5.13. The van der Waals surface area contributed by atoms with Crippen LogP contribution in [0.4, 0.5) is 17.3 Å². The van der Waals surface area contributed by atoms with E-state index in [0.29, 0.717) is 19.2 Å². The SMILES string of the molecule is CN(C)c1cccc(C(=O)N2CCN(c3ccc(N4CCN(CC5CCCO5)CC4)nn3)CC2)c1. The third-order valence-electron chi connectivity index (χ3n) is 7.32. The number of benzene rings is 1. The van der Waals surface area contributed by atoms with Gasteiger partial charge in [-0.15, -0.1) is 10.2 Å². The summed E-state index contributed by atoms with van der Waals surface area (Å²) in [4.78, 5) is 24.0. The number of aromatic nitrogens is 2. The van der Waals surface area contributed by atoms with E-state index in [1.807, 2.05) is 48.2 Å². The Kier molecular flexibility index (Phi) is 7.34. The minimum absolute atomic E-state index is 0.0911. The summed E-state index contributed by atoms with van der Waals surface area (Å²) in [5.74, 6) is 1.92. The zero-order chi connectivity index (χ0) is 24.2. The van der Waals surface area contributed by atoms with E-state index in [0.717, 1.165) is 75.3 Å². The molecular formula is C26H37N7O2. The van der Waals surface area contributed by atoms with Crippen molar-refractivity contribution >= 4 is 23.2 Å². The molecular weight excluding hydrogens is 442 g/mol. The van der Waals surface area contributed by atoms with Crippen LogP contribution in [-0.4, -0.2) is 112 Å². The van der Waals surface area contributed by atoms with Crippen molar-refractivity contribution in [3.63, 3.8) is 0 Å². The molecule has 0 spiro atoms. The molecule has 1 aromatic heterocycles. The van der Waals surface area contributed by atoms with Crippen LogP contribution < -0.4 is 14.7 Å². The summed E-state index contributed by atoms with van der Waals surface area (Å²) >= 11 is 0. The van der Waals surface area contributed by atoms with Crippen LogP contribution in [0, 0.1) is 0 Å². The Hall–Kier alpha value is -2.91. The van der Waals surface area contributed by atoms with Gasteiger partial charge in [-0.2, -0.15) is 0 Å². The van der Waals surface area contributed by atoms with Crippen LogP contribution in [0.1, 0.15) is 23.2 Å². The van der Waals surface area contributed by atoms with E-state index in [4.69, 9.17) is 4.74 Å². The van der Waals surface area contributed by atoms with E-state index >= 15 is 0 Å². The summed E-state index contributed by atoms with van der Waals surface area (Å²) < 4.78 is 5.79. The van der Waals surface area contributed by atoms with Crippen LogP contribution in [0.15, 0.2) is 36.4 Å². The van der Waals surface area contributed by atoms with Crippen molar-refractivity contribution in [2.45, 2.75) is 18.9 Å². The smallest absolute Gasteiger partial charge is 0.254 e. The Morgan fingerprint density at radius 3 is 2.17 bits per heavy atom. The van der Waals surface area contributed by atoms with Crippen molar-refractivity contribution in [3.05, 3.63) is 42.0 Å². The quantitative estimate of drug-likeness (QED) is 0.622. The zero-order valence-electron chi connectivity index (χ0n) is 21.0. The Bertz CT molecular complexity index is 977. The number of anilines is 3. The third-order valence-corrected chi connectivity index (χ3v) is 7.32. The van der Waals surface area contributed by atoms with E-state index < -0.39 is 0 Å². The monoisotopic (exact) mass is 479 g/mol. The lowest BCUT2D eigenvalue weighted by molar-refractivity contribution is 0.0712. The molecule has 0 aliphatic carbocycles. The molecule has 1 amide bonds. The van der Waals surface area contributed by atoms with E-state index in [9.17, 15) is 4.79 Å². The van der Waals surface area contributed by atoms with Gasteiger partial charge in [-0.3, -0.25) is 9.69 Å². The molecule has 2 aromatic rings. The second-order valence-corrected chi connectivity index (χ2v) is 9.90. The van der Waals surface area contributed by atoms with Crippen LogP contribution in [0.25, 0.3) is 0 Å². The summed E-state index contributed by atoms with van der Waals surface area (Å²) in [7, 11) is 3.97. The molecule has 1 unspecified atom stereocenters. The van der Waals surface area contributed by atoms with Gasteiger partial charge in [0.1, 0.15) is 0 Å². The number of nitrogens with zero attached hydrogens (tertiary/aromatic N) is 7. The van der Waals surface area contributed by atoms with Crippen molar-refractivity contribution < 1.29 is 9.53 Å². The van der Waals surface area contributed by atoms with Gasteiger partial charge in [0.05, 0.1) is 6.10 Å². The van der Waals surface area contributed by atoms with Crippen molar-refractivity contribution in [1.82, 2.24) is 20.0 Å². The highest BCUT2D eigenvalue weighted by Gasteiger charge is 2.25. The highest BCUT2D eigenvalue weighted by molar-refractivity contribution is 5.95. The number of rotatable bonds is 6. The molecule has 3 aliphatic rings. The average molecular weight is 480 g/mol. The van der Waals surface area contributed by atoms with Gasteiger partial charge in [-0.25, -0.2) is 0 Å². The third kappa shape index (κ3) is 5.67. The Morgan fingerprint density at radius 2 is 1.60 bits per heavy atom. The average Bonchev–Trinajstić information content (AvgIpc) is 3.42. The number of carbonyl (C=O) groups is 1. The molecule has 0 radical (unpaired) electrons. The predicted octanol–water partition coefficient (Wildman–Crippen LogP) is 1.81. The first-order chi connectivity index (χ1) is 17.1. The maximum absolute atomic E-state index is 13.0. The molecule has 35 heavy (non-hydrogen) atoms. The molecule has 1 atom stereocenters. The van der Waals surface area contributed by atoms with Gasteiger partial charge >= 0.3 is 0 Å². The summed E-state index contributed by atoms with van der Waals surface area (Å²) in [6.07, 6.45) is 2.81. The predicted molar refractivity (Wildman–Crippen MR) is 139 cm³/mol. The van der Waals surface area contributed by atoms with Gasteiger partial charge in [0.15, 0.2) is 11.6 Å². The number of hydrogen-bond acceptors (Lipinski definition) is 8. The Morgan fingerprint density at radius 1 is 0.943 bits per heavy atom. The van der Waals surface area contributed by atoms with Crippen LogP contribution in [0.3, 0.4) is 0 Å². The highest BCUT2D eigenvalue weighted by atomic mass is 16.5. The van der Waals surface area contributed by atoms with Crippen molar-refractivity contribution in [2.24, 2.45) is 0 Å². The first-order valence-corrected chi connectivity index (χ1v) is 12.8. The normalized spacial score (nSPS) is 21.4. The number of ether oxygens (including phenoxy) is 1. The van der Waals surface area contributed by atoms with Gasteiger partial charge in [-0.1, -0.05) is 6.07 Å². The highest BCUT2D eigenvalue weighted by Crippen LogP contribution is 2.21. The molecule has 3 saturated heterocycles. The fourth-order valence-corrected chi connectivity index (χ4v) is 5.13. The zero-order valence-corrected chi connectivity index (χ0v) is 21.0. The van der Waals surface area contributed by atoms with Crippen molar-refractivity contribution in [2.75, 3.05) is 94.3 Å². The molecule has 188 valence electrons. The molecule has 1 aromatic carbocycles. The van der Waals surface area contributed by atoms with E-state index in [1.54, 1.807) is 0 Å². The lowest BCUT2D eigenvalue weighted by Gasteiger charge is -2.37. The van der Waals surface area contributed by atoms with Crippen LogP contribution in [0.5, 0.6) is 0 Å². The van der Waals surface area contributed by atoms with Gasteiger partial charge in [0, 0.05) is 90.9 Å². The van der Waals surface area contributed by atoms with Crippen molar-refractivity contribution in [3.8, 4) is 0 Å². The second kappa shape index (κ2) is 10.8.